The maximum atomic E-state index is 6.57. The summed E-state index contributed by atoms with van der Waals surface area (Å²) in [6, 6.07) is 62.6. The van der Waals surface area contributed by atoms with Crippen LogP contribution in [0.2, 0.25) is 0 Å². The topological polar surface area (TPSA) is 36.5 Å². The van der Waals surface area contributed by atoms with Crippen molar-refractivity contribution in [2.45, 2.75) is 44.3 Å². The van der Waals surface area contributed by atoms with Crippen LogP contribution in [0.15, 0.2) is 174 Å². The summed E-state index contributed by atoms with van der Waals surface area (Å²) < 4.78 is 22.1. The SMILES string of the molecule is CC1(C)OB(c2cccc3oc4ccc(-c5ccc6c(c5)c5ccc7c(c5n6-c5ccccc5)-c5ccccc5C75c6ccccc6-c6ccccc65)cc4c23)OC1(C)C. The molecule has 0 unspecified atom stereocenters. The van der Waals surface area contributed by atoms with Crippen LogP contribution in [0.1, 0.15) is 49.9 Å². The molecule has 4 nitrogen and oxygen atoms in total. The molecule has 13 rings (SSSR count). The van der Waals surface area contributed by atoms with E-state index in [1.165, 1.54) is 66.3 Å². The molecule has 3 aliphatic rings. The Bertz CT molecular complexity index is 3400. The third-order valence-corrected chi connectivity index (χ3v) is 14.3. The van der Waals surface area contributed by atoms with Gasteiger partial charge in [-0.05, 0) is 126 Å². The van der Waals surface area contributed by atoms with Gasteiger partial charge in [-0.3, -0.25) is 0 Å². The maximum Gasteiger partial charge on any atom is 0.495 e. The molecule has 10 aromatic rings. The van der Waals surface area contributed by atoms with Crippen LogP contribution in [-0.2, 0) is 14.7 Å². The Morgan fingerprint density at radius 2 is 1.07 bits per heavy atom. The van der Waals surface area contributed by atoms with E-state index in [1.54, 1.807) is 0 Å². The van der Waals surface area contributed by atoms with Crippen molar-refractivity contribution in [1.82, 2.24) is 4.57 Å². The second-order valence-electron chi connectivity index (χ2n) is 17.8. The van der Waals surface area contributed by atoms with Gasteiger partial charge in [0, 0.05) is 32.8 Å². The van der Waals surface area contributed by atoms with Gasteiger partial charge >= 0.3 is 7.12 Å². The van der Waals surface area contributed by atoms with Gasteiger partial charge in [-0.1, -0.05) is 127 Å². The highest BCUT2D eigenvalue weighted by Gasteiger charge is 2.53. The number of fused-ring (bicyclic) bond motifs is 17. The molecule has 1 spiro atoms. The highest BCUT2D eigenvalue weighted by Crippen LogP contribution is 2.64. The van der Waals surface area contributed by atoms with Crippen molar-refractivity contribution in [1.29, 1.82) is 0 Å². The van der Waals surface area contributed by atoms with E-state index in [9.17, 15) is 0 Å². The molecule has 0 radical (unpaired) electrons. The molecule has 3 heterocycles. The third-order valence-electron chi connectivity index (χ3n) is 14.3. The van der Waals surface area contributed by atoms with Crippen LogP contribution in [0, 0.1) is 0 Å². The summed E-state index contributed by atoms with van der Waals surface area (Å²) in [5.74, 6) is 0. The first-order valence-electron chi connectivity index (χ1n) is 21.0. The first kappa shape index (κ1) is 34.2. The Labute approximate surface area is 348 Å². The summed E-state index contributed by atoms with van der Waals surface area (Å²) in [7, 11) is -0.499. The lowest BCUT2D eigenvalue weighted by atomic mass is 9.70. The van der Waals surface area contributed by atoms with Gasteiger partial charge in [0.25, 0.3) is 0 Å². The number of para-hydroxylation sites is 1. The minimum atomic E-state index is -0.499. The lowest BCUT2D eigenvalue weighted by molar-refractivity contribution is 0.00578. The lowest BCUT2D eigenvalue weighted by Gasteiger charge is -2.32. The van der Waals surface area contributed by atoms with Gasteiger partial charge in [0.2, 0.25) is 0 Å². The Morgan fingerprint density at radius 3 is 1.77 bits per heavy atom. The summed E-state index contributed by atoms with van der Waals surface area (Å²) >= 11 is 0. The standard InChI is InChI=1S/C55H40BNO3/c1-53(2)54(3,4)60-56(59-53)46-23-14-24-49-51(46)41-32-34(26-30-48(41)58-49)33-25-29-47-40(31-33)38-27-28-45-50(52(38)57(47)35-15-6-5-7-16-35)39-19-10-13-22-44(39)55(45)42-20-11-8-17-36(42)37-18-9-12-21-43(37)55/h5-32H,1-4H3. The quantitative estimate of drug-likeness (QED) is 0.168. The summed E-state index contributed by atoms with van der Waals surface area (Å²) in [6.45, 7) is 8.39. The van der Waals surface area contributed by atoms with E-state index >= 15 is 0 Å². The Balaban J connectivity index is 1.06. The summed E-state index contributed by atoms with van der Waals surface area (Å²) in [5, 5.41) is 4.54. The van der Waals surface area contributed by atoms with Crippen molar-refractivity contribution in [3.05, 3.63) is 192 Å². The van der Waals surface area contributed by atoms with E-state index in [0.717, 1.165) is 44.2 Å². The van der Waals surface area contributed by atoms with Gasteiger partial charge in [-0.2, -0.15) is 0 Å². The van der Waals surface area contributed by atoms with Crippen LogP contribution < -0.4 is 5.46 Å². The number of hydrogen-bond acceptors (Lipinski definition) is 3. The third kappa shape index (κ3) is 4.28. The highest BCUT2D eigenvalue weighted by atomic mass is 16.7. The normalized spacial score (nSPS) is 16.6. The summed E-state index contributed by atoms with van der Waals surface area (Å²) in [4.78, 5) is 0. The number of nitrogens with zero attached hydrogens (tertiary/aromatic N) is 1. The van der Waals surface area contributed by atoms with Crippen LogP contribution in [0.25, 0.3) is 82.8 Å². The first-order valence-corrected chi connectivity index (χ1v) is 21.0. The molecule has 286 valence electrons. The first-order chi connectivity index (χ1) is 29.2. The molecule has 0 atom stereocenters. The van der Waals surface area contributed by atoms with Crippen LogP contribution in [0.3, 0.4) is 0 Å². The molecule has 1 aliphatic heterocycles. The zero-order chi connectivity index (χ0) is 40.1. The Morgan fingerprint density at radius 1 is 0.467 bits per heavy atom. The number of hydrogen-bond donors (Lipinski definition) is 0. The second-order valence-corrected chi connectivity index (χ2v) is 17.8. The van der Waals surface area contributed by atoms with Crippen LogP contribution >= 0.6 is 0 Å². The van der Waals surface area contributed by atoms with Gasteiger partial charge in [-0.25, -0.2) is 0 Å². The minimum Gasteiger partial charge on any atom is -0.456 e. The smallest absolute Gasteiger partial charge is 0.456 e. The summed E-state index contributed by atoms with van der Waals surface area (Å²) in [5.41, 5.74) is 17.8. The van der Waals surface area contributed by atoms with E-state index in [0.29, 0.717) is 0 Å². The second kappa shape index (κ2) is 11.8. The van der Waals surface area contributed by atoms with Gasteiger partial charge in [0.15, 0.2) is 0 Å². The largest absolute Gasteiger partial charge is 0.495 e. The number of aromatic nitrogens is 1. The van der Waals surface area contributed by atoms with Gasteiger partial charge in [0.1, 0.15) is 11.2 Å². The maximum absolute atomic E-state index is 6.57. The average Bonchev–Trinajstić information content (AvgIpc) is 4.03. The molecule has 0 amide bonds. The van der Waals surface area contributed by atoms with Gasteiger partial charge in [0.05, 0.1) is 27.7 Å². The van der Waals surface area contributed by atoms with E-state index in [-0.39, 0.29) is 0 Å². The molecule has 60 heavy (non-hydrogen) atoms. The van der Waals surface area contributed by atoms with Gasteiger partial charge < -0.3 is 18.3 Å². The molecule has 0 bridgehead atoms. The average molecular weight is 774 g/mol. The Kier molecular flexibility index (Phi) is 6.71. The molecule has 2 aliphatic carbocycles. The molecule has 8 aromatic carbocycles. The van der Waals surface area contributed by atoms with E-state index in [2.05, 4.69) is 190 Å². The zero-order valence-electron chi connectivity index (χ0n) is 33.9. The molecular weight excluding hydrogens is 733 g/mol. The monoisotopic (exact) mass is 773 g/mol. The molecule has 0 N–H and O–H groups in total. The predicted molar refractivity (Wildman–Crippen MR) is 246 cm³/mol. The fraction of sp³-hybridized carbons (Fsp3) is 0.127. The van der Waals surface area contributed by atoms with Crippen molar-refractivity contribution in [3.63, 3.8) is 0 Å². The molecule has 2 aromatic heterocycles. The number of benzene rings is 8. The van der Waals surface area contributed by atoms with Crippen molar-refractivity contribution < 1.29 is 13.7 Å². The number of furan rings is 1. The molecular formula is C55H40BNO3. The Hall–Kier alpha value is -6.66. The van der Waals surface area contributed by atoms with Crippen LogP contribution in [-0.4, -0.2) is 22.9 Å². The van der Waals surface area contributed by atoms with Gasteiger partial charge in [-0.15, -0.1) is 0 Å². The van der Waals surface area contributed by atoms with Crippen molar-refractivity contribution >= 4 is 56.3 Å². The number of rotatable bonds is 3. The fourth-order valence-electron chi connectivity index (χ4n) is 10.9. The van der Waals surface area contributed by atoms with E-state index in [1.807, 2.05) is 12.1 Å². The van der Waals surface area contributed by atoms with E-state index in [4.69, 9.17) is 13.7 Å². The molecule has 5 heteroatoms. The predicted octanol–water partition coefficient (Wildman–Crippen LogP) is 13.0. The summed E-state index contributed by atoms with van der Waals surface area (Å²) in [6.07, 6.45) is 0. The van der Waals surface area contributed by atoms with E-state index < -0.39 is 23.7 Å². The fourth-order valence-corrected chi connectivity index (χ4v) is 10.9. The van der Waals surface area contributed by atoms with Crippen molar-refractivity contribution in [2.24, 2.45) is 0 Å². The molecule has 1 saturated heterocycles. The minimum absolute atomic E-state index is 0.419. The molecule has 1 fully saturated rings. The molecule has 0 saturated carbocycles. The van der Waals surface area contributed by atoms with Crippen LogP contribution in [0.4, 0.5) is 0 Å². The highest BCUT2D eigenvalue weighted by molar-refractivity contribution is 6.66. The van der Waals surface area contributed by atoms with Crippen molar-refractivity contribution in [3.8, 4) is 39.1 Å². The zero-order valence-corrected chi connectivity index (χ0v) is 33.9. The van der Waals surface area contributed by atoms with Crippen molar-refractivity contribution in [2.75, 3.05) is 0 Å². The lowest BCUT2D eigenvalue weighted by Crippen LogP contribution is -2.41. The van der Waals surface area contributed by atoms with Crippen LogP contribution in [0.5, 0.6) is 0 Å².